The molecule has 0 aliphatic rings. The molecule has 0 bridgehead atoms. The first kappa shape index (κ1) is 14.3. The summed E-state index contributed by atoms with van der Waals surface area (Å²) in [5, 5.41) is 7.36. The zero-order chi connectivity index (χ0) is 14.5. The highest BCUT2D eigenvalue weighted by molar-refractivity contribution is 7.11. The molecule has 2 aromatic heterocycles. The molecule has 0 amide bonds. The number of esters is 1. The molecule has 0 aromatic carbocycles. The molecule has 0 aliphatic carbocycles. The summed E-state index contributed by atoms with van der Waals surface area (Å²) in [6.45, 7) is 4.30. The molecule has 0 spiro atoms. The molecule has 0 atom stereocenters. The monoisotopic (exact) mass is 297 g/mol. The third-order valence-corrected chi connectivity index (χ3v) is 3.21. The van der Waals surface area contributed by atoms with Crippen LogP contribution in [0.15, 0.2) is 4.52 Å². The highest BCUT2D eigenvalue weighted by atomic mass is 32.1. The number of nitrogens with zero attached hydrogens (tertiary/aromatic N) is 3. The third kappa shape index (κ3) is 3.23. The molecule has 0 aliphatic heterocycles. The van der Waals surface area contributed by atoms with Crippen LogP contribution in [0.1, 0.15) is 29.0 Å². The lowest BCUT2D eigenvalue weighted by molar-refractivity contribution is 0.0529. The minimum atomic E-state index is -0.477. The van der Waals surface area contributed by atoms with Crippen LogP contribution in [-0.4, -0.2) is 33.6 Å². The zero-order valence-electron chi connectivity index (χ0n) is 11.2. The molecule has 8 nitrogen and oxygen atoms in total. The summed E-state index contributed by atoms with van der Waals surface area (Å²) in [4.78, 5) is 15.9. The van der Waals surface area contributed by atoms with E-state index in [2.05, 4.69) is 19.8 Å². The maximum absolute atomic E-state index is 11.8. The van der Waals surface area contributed by atoms with E-state index in [9.17, 15) is 4.79 Å². The maximum Gasteiger partial charge on any atom is 0.344 e. The smallest absolute Gasteiger partial charge is 0.344 e. The van der Waals surface area contributed by atoms with Gasteiger partial charge in [0, 0.05) is 13.0 Å². The van der Waals surface area contributed by atoms with Gasteiger partial charge in [0.15, 0.2) is 11.6 Å². The van der Waals surface area contributed by atoms with Crippen molar-refractivity contribution in [3.8, 4) is 0 Å². The van der Waals surface area contributed by atoms with Crippen LogP contribution in [0.25, 0.3) is 0 Å². The summed E-state index contributed by atoms with van der Waals surface area (Å²) in [6.07, 6.45) is 0.543. The van der Waals surface area contributed by atoms with Crippen molar-refractivity contribution < 1.29 is 14.1 Å². The van der Waals surface area contributed by atoms with Gasteiger partial charge in [-0.15, -0.1) is 0 Å². The van der Waals surface area contributed by atoms with Crippen LogP contribution in [0, 0.1) is 6.92 Å². The molecular formula is C11H15N5O3S. The first-order valence-electron chi connectivity index (χ1n) is 6.07. The Balaban J connectivity index is 1.97. The first-order chi connectivity index (χ1) is 9.61. The van der Waals surface area contributed by atoms with Gasteiger partial charge in [0.05, 0.1) is 6.61 Å². The van der Waals surface area contributed by atoms with Crippen LogP contribution in [0.2, 0.25) is 0 Å². The van der Waals surface area contributed by atoms with Gasteiger partial charge in [-0.1, -0.05) is 5.16 Å². The number of hydrogen-bond donors (Lipinski definition) is 2. The van der Waals surface area contributed by atoms with Gasteiger partial charge in [-0.3, -0.25) is 0 Å². The highest BCUT2D eigenvalue weighted by Gasteiger charge is 2.20. The molecule has 2 heterocycles. The SMILES string of the molecule is CCOC(=O)c1c(N)nsc1NCCc1nc(C)no1. The van der Waals surface area contributed by atoms with Gasteiger partial charge < -0.3 is 20.3 Å². The number of carbonyl (C=O) groups excluding carboxylic acids is 1. The third-order valence-electron chi connectivity index (χ3n) is 2.39. The van der Waals surface area contributed by atoms with Crippen LogP contribution in [-0.2, 0) is 11.2 Å². The van der Waals surface area contributed by atoms with Crippen LogP contribution in [0.4, 0.5) is 10.8 Å². The lowest BCUT2D eigenvalue weighted by Gasteiger charge is -2.05. The van der Waals surface area contributed by atoms with Crippen molar-refractivity contribution in [3.05, 3.63) is 17.3 Å². The molecular weight excluding hydrogens is 282 g/mol. The van der Waals surface area contributed by atoms with Gasteiger partial charge in [-0.25, -0.2) is 4.79 Å². The minimum Gasteiger partial charge on any atom is -0.462 e. The molecule has 0 radical (unpaired) electrons. The van der Waals surface area contributed by atoms with E-state index in [0.717, 1.165) is 11.5 Å². The normalized spacial score (nSPS) is 10.5. The Morgan fingerprint density at radius 1 is 1.55 bits per heavy atom. The minimum absolute atomic E-state index is 0.171. The molecule has 0 saturated heterocycles. The Morgan fingerprint density at radius 3 is 3.00 bits per heavy atom. The lowest BCUT2D eigenvalue weighted by Crippen LogP contribution is -2.11. The number of anilines is 2. The molecule has 0 fully saturated rings. The largest absolute Gasteiger partial charge is 0.462 e. The molecule has 3 N–H and O–H groups in total. The Hall–Kier alpha value is -2.16. The van der Waals surface area contributed by atoms with Gasteiger partial charge in [0.2, 0.25) is 5.89 Å². The van der Waals surface area contributed by atoms with E-state index in [1.165, 1.54) is 0 Å². The number of rotatable bonds is 6. The fourth-order valence-corrected chi connectivity index (χ4v) is 2.27. The van der Waals surface area contributed by atoms with E-state index in [4.69, 9.17) is 15.0 Å². The molecule has 2 rings (SSSR count). The lowest BCUT2D eigenvalue weighted by atomic mass is 10.3. The Labute approximate surface area is 119 Å². The van der Waals surface area contributed by atoms with E-state index in [-0.39, 0.29) is 18.0 Å². The van der Waals surface area contributed by atoms with Crippen LogP contribution >= 0.6 is 11.5 Å². The predicted octanol–water partition coefficient (Wildman–Crippen LogP) is 1.25. The van der Waals surface area contributed by atoms with Gasteiger partial charge in [0.25, 0.3) is 0 Å². The quantitative estimate of drug-likeness (QED) is 0.765. The number of aromatic nitrogens is 3. The van der Waals surface area contributed by atoms with E-state index >= 15 is 0 Å². The fourth-order valence-electron chi connectivity index (χ4n) is 1.55. The Bertz CT molecular complexity index is 595. The van der Waals surface area contributed by atoms with Gasteiger partial charge in [-0.05, 0) is 25.4 Å². The molecule has 0 unspecified atom stereocenters. The van der Waals surface area contributed by atoms with Gasteiger partial charge >= 0.3 is 5.97 Å². The maximum atomic E-state index is 11.8. The van der Waals surface area contributed by atoms with E-state index < -0.39 is 5.97 Å². The number of nitrogens with one attached hydrogen (secondary N) is 1. The van der Waals surface area contributed by atoms with Crippen molar-refractivity contribution in [3.63, 3.8) is 0 Å². The first-order valence-corrected chi connectivity index (χ1v) is 6.84. The van der Waals surface area contributed by atoms with Crippen molar-refractivity contribution in [2.24, 2.45) is 0 Å². The van der Waals surface area contributed by atoms with E-state index in [1.54, 1.807) is 13.8 Å². The number of ether oxygens (including phenoxy) is 1. The fraction of sp³-hybridized carbons (Fsp3) is 0.455. The zero-order valence-corrected chi connectivity index (χ0v) is 12.0. The van der Waals surface area contributed by atoms with Gasteiger partial charge in [-0.2, -0.15) is 9.36 Å². The van der Waals surface area contributed by atoms with Crippen LogP contribution < -0.4 is 11.1 Å². The van der Waals surface area contributed by atoms with Crippen LogP contribution in [0.5, 0.6) is 0 Å². The summed E-state index contributed by atoms with van der Waals surface area (Å²) >= 11 is 1.12. The van der Waals surface area contributed by atoms with Crippen molar-refractivity contribution >= 4 is 28.3 Å². The summed E-state index contributed by atoms with van der Waals surface area (Å²) in [5.41, 5.74) is 5.95. The second kappa shape index (κ2) is 6.33. The van der Waals surface area contributed by atoms with E-state index in [0.29, 0.717) is 29.7 Å². The molecule has 9 heteroatoms. The number of hydrogen-bond acceptors (Lipinski definition) is 9. The number of nitrogen functional groups attached to an aromatic ring is 1. The van der Waals surface area contributed by atoms with Crippen LogP contribution in [0.3, 0.4) is 0 Å². The summed E-state index contributed by atoms with van der Waals surface area (Å²) in [5.74, 6) is 0.818. The summed E-state index contributed by atoms with van der Waals surface area (Å²) in [6, 6.07) is 0. The van der Waals surface area contributed by atoms with Crippen molar-refractivity contribution in [2.45, 2.75) is 20.3 Å². The Kier molecular flexibility index (Phi) is 4.51. The van der Waals surface area contributed by atoms with Gasteiger partial charge in [0.1, 0.15) is 10.6 Å². The average Bonchev–Trinajstić information content (AvgIpc) is 2.97. The average molecular weight is 297 g/mol. The standard InChI is InChI=1S/C11H15N5O3S/c1-3-18-11(17)8-9(12)16-20-10(8)13-5-4-7-14-6(2)15-19-7/h13H,3-5H2,1-2H3,(H2,12,16). The van der Waals surface area contributed by atoms with E-state index in [1.807, 2.05) is 0 Å². The number of carbonyl (C=O) groups is 1. The molecule has 2 aromatic rings. The van der Waals surface area contributed by atoms with Crippen molar-refractivity contribution in [1.82, 2.24) is 14.5 Å². The second-order valence-corrected chi connectivity index (χ2v) is 4.68. The summed E-state index contributed by atoms with van der Waals surface area (Å²) < 4.78 is 13.9. The van der Waals surface area contributed by atoms with Crippen molar-refractivity contribution in [1.29, 1.82) is 0 Å². The molecule has 108 valence electrons. The number of nitrogens with two attached hydrogens (primary N) is 1. The number of aryl methyl sites for hydroxylation is 1. The predicted molar refractivity (Wildman–Crippen MR) is 73.7 cm³/mol. The van der Waals surface area contributed by atoms with Crippen molar-refractivity contribution in [2.75, 3.05) is 24.2 Å². The second-order valence-electron chi connectivity index (χ2n) is 3.90. The Morgan fingerprint density at radius 2 is 2.35 bits per heavy atom. The highest BCUT2D eigenvalue weighted by Crippen LogP contribution is 2.27. The molecule has 20 heavy (non-hydrogen) atoms. The topological polar surface area (TPSA) is 116 Å². The summed E-state index contributed by atoms with van der Waals surface area (Å²) in [7, 11) is 0. The molecule has 0 saturated carbocycles.